The third-order valence-electron chi connectivity index (χ3n) is 3.73. The van der Waals surface area contributed by atoms with Gasteiger partial charge in [-0.1, -0.05) is 0 Å². The van der Waals surface area contributed by atoms with Gasteiger partial charge < -0.3 is 10.3 Å². The highest BCUT2D eigenvalue weighted by molar-refractivity contribution is 7.10. The largest absolute Gasteiger partial charge is 0.349 e. The van der Waals surface area contributed by atoms with Gasteiger partial charge >= 0.3 is 0 Å². The Bertz CT molecular complexity index is 687. The van der Waals surface area contributed by atoms with Crippen LogP contribution in [-0.2, 0) is 6.42 Å². The van der Waals surface area contributed by atoms with E-state index in [0.29, 0.717) is 11.6 Å². The maximum atomic E-state index is 11.0. The number of nitrogens with two attached hydrogens (primary N) is 1. The maximum absolute atomic E-state index is 11.0. The van der Waals surface area contributed by atoms with Crippen LogP contribution in [0.2, 0.25) is 0 Å². The Morgan fingerprint density at radius 1 is 1.57 bits per heavy atom. The molecule has 110 valence electrons. The molecule has 3 N–H and O–H groups in total. The summed E-state index contributed by atoms with van der Waals surface area (Å²) in [6.45, 7) is 2.87. The van der Waals surface area contributed by atoms with Crippen molar-refractivity contribution in [3.05, 3.63) is 44.1 Å². The number of aromatic nitrogens is 1. The predicted octanol–water partition coefficient (Wildman–Crippen LogP) is 2.46. The molecule has 0 fully saturated rings. The predicted molar refractivity (Wildman–Crippen MR) is 82.5 cm³/mol. The van der Waals surface area contributed by atoms with Gasteiger partial charge in [0, 0.05) is 11.4 Å². The molecule has 0 amide bonds. The molecule has 1 atom stereocenters. The third-order valence-corrected chi connectivity index (χ3v) is 4.72. The maximum Gasteiger partial charge on any atom is 0.276 e. The number of nitrogens with zero attached hydrogens (tertiary/aromatic N) is 3. The number of pyridine rings is 1. The molecule has 0 saturated carbocycles. The van der Waals surface area contributed by atoms with E-state index in [1.807, 2.05) is 0 Å². The number of thiophene rings is 1. The molecule has 2 aromatic rings. The van der Waals surface area contributed by atoms with Crippen LogP contribution >= 0.6 is 11.3 Å². The fourth-order valence-corrected chi connectivity index (χ4v) is 3.61. The van der Waals surface area contributed by atoms with E-state index in [4.69, 9.17) is 5.84 Å². The summed E-state index contributed by atoms with van der Waals surface area (Å²) < 4.78 is 0. The Morgan fingerprint density at radius 2 is 2.38 bits per heavy atom. The molecule has 7 nitrogen and oxygen atoms in total. The summed E-state index contributed by atoms with van der Waals surface area (Å²) in [5.41, 5.74) is 3.64. The van der Waals surface area contributed by atoms with E-state index in [2.05, 4.69) is 33.7 Å². The number of anilines is 2. The first kappa shape index (κ1) is 13.8. The van der Waals surface area contributed by atoms with Crippen molar-refractivity contribution in [3.63, 3.8) is 0 Å². The molecule has 3 rings (SSSR count). The standard InChI is InChI=1S/C13H15N5O2S/c1-8-10-3-5-21-11(10)2-4-17(8)13-7-9(18(19)20)6-12(15-13)16-14/h3,5-8H,2,4,14H2,1H3,(H,15,16). The molecule has 1 unspecified atom stereocenters. The van der Waals surface area contributed by atoms with E-state index in [0.717, 1.165) is 13.0 Å². The lowest BCUT2D eigenvalue weighted by atomic mass is 10.0. The van der Waals surface area contributed by atoms with Gasteiger partial charge in [-0.15, -0.1) is 11.3 Å². The number of rotatable bonds is 3. The summed E-state index contributed by atoms with van der Waals surface area (Å²) >= 11 is 1.75. The van der Waals surface area contributed by atoms with Crippen LogP contribution in [0.15, 0.2) is 23.6 Å². The van der Waals surface area contributed by atoms with Crippen molar-refractivity contribution in [1.29, 1.82) is 0 Å². The Hall–Kier alpha value is -2.19. The van der Waals surface area contributed by atoms with E-state index in [1.54, 1.807) is 11.3 Å². The molecular formula is C13H15N5O2S. The zero-order valence-corrected chi connectivity index (χ0v) is 12.3. The lowest BCUT2D eigenvalue weighted by molar-refractivity contribution is -0.384. The smallest absolute Gasteiger partial charge is 0.276 e. The molecule has 8 heteroatoms. The van der Waals surface area contributed by atoms with Crippen LogP contribution in [0.3, 0.4) is 0 Å². The van der Waals surface area contributed by atoms with Gasteiger partial charge in [-0.2, -0.15) is 0 Å². The van der Waals surface area contributed by atoms with Crippen molar-refractivity contribution < 1.29 is 4.92 Å². The Morgan fingerprint density at radius 3 is 3.10 bits per heavy atom. The molecule has 0 bridgehead atoms. The van der Waals surface area contributed by atoms with Gasteiger partial charge in [-0.05, 0) is 30.4 Å². The second-order valence-corrected chi connectivity index (χ2v) is 5.89. The number of fused-ring (bicyclic) bond motifs is 1. The SMILES string of the molecule is CC1c2ccsc2CCN1c1cc([N+](=O)[O-])cc(NN)n1. The topological polar surface area (TPSA) is 97.3 Å². The van der Waals surface area contributed by atoms with Gasteiger partial charge in [0.2, 0.25) is 0 Å². The highest BCUT2D eigenvalue weighted by Crippen LogP contribution is 2.36. The van der Waals surface area contributed by atoms with Crippen LogP contribution in [0.4, 0.5) is 17.3 Å². The first-order valence-electron chi connectivity index (χ1n) is 6.56. The van der Waals surface area contributed by atoms with Crippen molar-refractivity contribution in [2.75, 3.05) is 16.9 Å². The Balaban J connectivity index is 2.01. The number of nitrogens with one attached hydrogen (secondary N) is 1. The number of nitrogen functional groups attached to an aromatic ring is 1. The molecule has 3 heterocycles. The molecule has 0 aromatic carbocycles. The normalized spacial score (nSPS) is 17.4. The fourth-order valence-electron chi connectivity index (χ4n) is 2.65. The third kappa shape index (κ3) is 2.43. The highest BCUT2D eigenvalue weighted by Gasteiger charge is 2.27. The van der Waals surface area contributed by atoms with Crippen molar-refractivity contribution in [2.45, 2.75) is 19.4 Å². The lowest BCUT2D eigenvalue weighted by Gasteiger charge is -2.34. The van der Waals surface area contributed by atoms with Crippen molar-refractivity contribution in [2.24, 2.45) is 5.84 Å². The van der Waals surface area contributed by atoms with Gasteiger partial charge in [0.1, 0.15) is 11.6 Å². The first-order chi connectivity index (χ1) is 10.1. The van der Waals surface area contributed by atoms with Crippen molar-refractivity contribution in [1.82, 2.24) is 4.98 Å². The summed E-state index contributed by atoms with van der Waals surface area (Å²) in [6.07, 6.45) is 0.924. The monoisotopic (exact) mass is 305 g/mol. The molecule has 21 heavy (non-hydrogen) atoms. The highest BCUT2D eigenvalue weighted by atomic mass is 32.1. The van der Waals surface area contributed by atoms with E-state index in [9.17, 15) is 10.1 Å². The van der Waals surface area contributed by atoms with E-state index in [-0.39, 0.29) is 11.7 Å². The van der Waals surface area contributed by atoms with Gasteiger partial charge in [0.25, 0.3) is 5.69 Å². The zero-order valence-electron chi connectivity index (χ0n) is 11.4. The number of hydrogen-bond donors (Lipinski definition) is 2. The minimum Gasteiger partial charge on any atom is -0.349 e. The molecule has 1 aliphatic rings. The molecular weight excluding hydrogens is 290 g/mol. The first-order valence-corrected chi connectivity index (χ1v) is 7.44. The summed E-state index contributed by atoms with van der Waals surface area (Å²) in [5.74, 6) is 6.22. The zero-order chi connectivity index (χ0) is 15.0. The summed E-state index contributed by atoms with van der Waals surface area (Å²) in [7, 11) is 0. The summed E-state index contributed by atoms with van der Waals surface area (Å²) in [4.78, 5) is 18.4. The molecule has 0 spiro atoms. The molecule has 0 radical (unpaired) electrons. The average molecular weight is 305 g/mol. The molecule has 2 aromatic heterocycles. The average Bonchev–Trinajstić information content (AvgIpc) is 2.96. The minimum atomic E-state index is -0.434. The van der Waals surface area contributed by atoms with Crippen LogP contribution in [0.25, 0.3) is 0 Å². The van der Waals surface area contributed by atoms with Crippen LogP contribution < -0.4 is 16.2 Å². The van der Waals surface area contributed by atoms with Crippen LogP contribution in [0.1, 0.15) is 23.4 Å². The van der Waals surface area contributed by atoms with Crippen molar-refractivity contribution >= 4 is 28.7 Å². The summed E-state index contributed by atoms with van der Waals surface area (Å²) in [6, 6.07) is 5.07. The van der Waals surface area contributed by atoms with E-state index in [1.165, 1.54) is 22.6 Å². The molecule has 0 saturated heterocycles. The van der Waals surface area contributed by atoms with Crippen LogP contribution in [-0.4, -0.2) is 16.5 Å². The minimum absolute atomic E-state index is 0.0173. The Labute approximate surface area is 125 Å². The second-order valence-electron chi connectivity index (χ2n) is 4.89. The Kier molecular flexibility index (Phi) is 3.48. The van der Waals surface area contributed by atoms with E-state index >= 15 is 0 Å². The number of hydrazine groups is 1. The van der Waals surface area contributed by atoms with Gasteiger partial charge in [-0.3, -0.25) is 10.1 Å². The quantitative estimate of drug-likeness (QED) is 0.513. The van der Waals surface area contributed by atoms with Gasteiger partial charge in [0.15, 0.2) is 0 Å². The fraction of sp³-hybridized carbons (Fsp3) is 0.308. The lowest BCUT2D eigenvalue weighted by Crippen LogP contribution is -2.34. The van der Waals surface area contributed by atoms with Gasteiger partial charge in [0.05, 0.1) is 23.1 Å². The number of hydrogen-bond acceptors (Lipinski definition) is 7. The molecule has 0 aliphatic carbocycles. The van der Waals surface area contributed by atoms with Crippen LogP contribution in [0, 0.1) is 10.1 Å². The summed E-state index contributed by atoms with van der Waals surface area (Å²) in [5, 5.41) is 13.1. The van der Waals surface area contributed by atoms with Crippen LogP contribution in [0.5, 0.6) is 0 Å². The van der Waals surface area contributed by atoms with Gasteiger partial charge in [-0.25, -0.2) is 10.8 Å². The second kappa shape index (κ2) is 5.30. The number of nitro groups is 1. The molecule has 1 aliphatic heterocycles. The van der Waals surface area contributed by atoms with E-state index < -0.39 is 4.92 Å². The van der Waals surface area contributed by atoms with Crippen molar-refractivity contribution in [3.8, 4) is 0 Å².